The van der Waals surface area contributed by atoms with Gasteiger partial charge in [0.25, 0.3) is 0 Å². The van der Waals surface area contributed by atoms with Crippen LogP contribution in [-0.2, 0) is 0 Å². The molecule has 0 bridgehead atoms. The van der Waals surface area contributed by atoms with E-state index in [0.29, 0.717) is 22.3 Å². The third-order valence-electron chi connectivity index (χ3n) is 5.58. The SMILES string of the molecule is Fc1ccccc1[C@H]1C2=C(Nc3ncnn31)c1cc(Cl)ccc1O[C@H]2c1ccncc1. The summed E-state index contributed by atoms with van der Waals surface area (Å²) >= 11 is 6.31. The first kappa shape index (κ1) is 18.1. The van der Waals surface area contributed by atoms with Crippen LogP contribution in [0.5, 0.6) is 5.75 Å². The summed E-state index contributed by atoms with van der Waals surface area (Å²) in [5.74, 6) is 0.874. The summed E-state index contributed by atoms with van der Waals surface area (Å²) in [6, 6.07) is 15.4. The lowest BCUT2D eigenvalue weighted by molar-refractivity contribution is 0.222. The molecule has 2 aromatic heterocycles. The fourth-order valence-electron chi connectivity index (χ4n) is 4.25. The Labute approximate surface area is 182 Å². The van der Waals surface area contributed by atoms with Gasteiger partial charge in [-0.05, 0) is 42.0 Å². The van der Waals surface area contributed by atoms with Gasteiger partial charge in [0.15, 0.2) is 0 Å². The maximum atomic E-state index is 15.0. The van der Waals surface area contributed by atoms with Gasteiger partial charge in [0.1, 0.15) is 30.0 Å². The first-order chi connectivity index (χ1) is 15.2. The molecule has 0 fully saturated rings. The Bertz CT molecular complexity index is 1340. The number of hydrogen-bond donors (Lipinski definition) is 1. The molecule has 0 spiro atoms. The van der Waals surface area contributed by atoms with Gasteiger partial charge in [-0.3, -0.25) is 4.98 Å². The molecule has 0 radical (unpaired) electrons. The van der Waals surface area contributed by atoms with Crippen LogP contribution in [0.3, 0.4) is 0 Å². The Morgan fingerprint density at radius 1 is 1.06 bits per heavy atom. The van der Waals surface area contributed by atoms with Crippen molar-refractivity contribution in [3.05, 3.63) is 106 Å². The first-order valence-electron chi connectivity index (χ1n) is 9.72. The Kier molecular flexibility index (Phi) is 4.04. The van der Waals surface area contributed by atoms with E-state index < -0.39 is 12.1 Å². The summed E-state index contributed by atoms with van der Waals surface area (Å²) in [5.41, 5.74) is 3.79. The van der Waals surface area contributed by atoms with Crippen molar-refractivity contribution in [1.82, 2.24) is 19.7 Å². The van der Waals surface area contributed by atoms with Gasteiger partial charge in [0.2, 0.25) is 5.95 Å². The standard InChI is InChI=1S/C23H15ClFN5O/c24-14-5-6-18-16(11-14)20-19(22(31-18)13-7-9-26-10-8-13)21(15-3-1-2-4-17(15)25)30-23(29-20)27-12-28-30/h1-12,21-22H,(H,27,28,29)/t21-,22-/m0/s1. The number of fused-ring (bicyclic) bond motifs is 3. The van der Waals surface area contributed by atoms with Crippen LogP contribution < -0.4 is 10.1 Å². The highest BCUT2D eigenvalue weighted by atomic mass is 35.5. The van der Waals surface area contributed by atoms with E-state index in [9.17, 15) is 0 Å². The highest BCUT2D eigenvalue weighted by Crippen LogP contribution is 2.51. The number of aromatic nitrogens is 4. The summed E-state index contributed by atoms with van der Waals surface area (Å²) in [7, 11) is 0. The smallest absolute Gasteiger partial charge is 0.226 e. The molecule has 8 heteroatoms. The summed E-state index contributed by atoms with van der Waals surface area (Å²) in [6.07, 6.45) is 4.40. The van der Waals surface area contributed by atoms with Gasteiger partial charge < -0.3 is 10.1 Å². The van der Waals surface area contributed by atoms with Crippen molar-refractivity contribution in [3.8, 4) is 5.75 Å². The van der Waals surface area contributed by atoms with Gasteiger partial charge in [-0.25, -0.2) is 9.07 Å². The molecule has 6 nitrogen and oxygen atoms in total. The topological polar surface area (TPSA) is 64.9 Å². The molecule has 31 heavy (non-hydrogen) atoms. The van der Waals surface area contributed by atoms with Crippen LogP contribution in [0.4, 0.5) is 10.3 Å². The van der Waals surface area contributed by atoms with Gasteiger partial charge in [-0.2, -0.15) is 10.1 Å². The zero-order valence-corrected chi connectivity index (χ0v) is 16.8. The van der Waals surface area contributed by atoms with E-state index in [1.807, 2.05) is 30.3 Å². The maximum absolute atomic E-state index is 15.0. The van der Waals surface area contributed by atoms with Crippen LogP contribution in [0, 0.1) is 5.82 Å². The van der Waals surface area contributed by atoms with E-state index in [2.05, 4.69) is 20.4 Å². The molecule has 4 heterocycles. The molecule has 152 valence electrons. The van der Waals surface area contributed by atoms with Crippen LogP contribution in [-0.4, -0.2) is 19.7 Å². The minimum absolute atomic E-state index is 0.326. The second-order valence-electron chi connectivity index (χ2n) is 7.33. The fraction of sp³-hybridized carbons (Fsp3) is 0.0870. The van der Waals surface area contributed by atoms with Gasteiger partial charge in [-0.15, -0.1) is 0 Å². The fourth-order valence-corrected chi connectivity index (χ4v) is 4.42. The predicted octanol–water partition coefficient (Wildman–Crippen LogP) is 5.03. The molecule has 2 aromatic carbocycles. The third kappa shape index (κ3) is 2.81. The molecule has 0 aliphatic carbocycles. The Hall–Kier alpha value is -3.71. The number of pyridine rings is 1. The molecule has 2 aliphatic rings. The summed E-state index contributed by atoms with van der Waals surface area (Å²) in [4.78, 5) is 8.47. The van der Waals surface area contributed by atoms with E-state index in [0.717, 1.165) is 22.4 Å². The number of benzene rings is 2. The molecular weight excluding hydrogens is 417 g/mol. The normalized spacial score (nSPS) is 19.0. The number of rotatable bonds is 2. The molecule has 4 aromatic rings. The lowest BCUT2D eigenvalue weighted by atomic mass is 9.84. The van der Waals surface area contributed by atoms with Crippen LogP contribution in [0.1, 0.15) is 28.8 Å². The lowest BCUT2D eigenvalue weighted by Gasteiger charge is -2.39. The number of halogens is 2. The van der Waals surface area contributed by atoms with Crippen molar-refractivity contribution in [2.45, 2.75) is 12.1 Å². The van der Waals surface area contributed by atoms with E-state index in [1.54, 1.807) is 35.3 Å². The highest BCUT2D eigenvalue weighted by molar-refractivity contribution is 6.30. The maximum Gasteiger partial charge on any atom is 0.226 e. The van der Waals surface area contributed by atoms with Crippen molar-refractivity contribution < 1.29 is 9.13 Å². The third-order valence-corrected chi connectivity index (χ3v) is 5.82. The molecule has 0 amide bonds. The van der Waals surface area contributed by atoms with Crippen LogP contribution in [0.2, 0.25) is 5.02 Å². The molecule has 2 aliphatic heterocycles. The average molecular weight is 432 g/mol. The monoisotopic (exact) mass is 431 g/mol. The second kappa shape index (κ2) is 6.92. The Morgan fingerprint density at radius 3 is 2.74 bits per heavy atom. The Morgan fingerprint density at radius 2 is 1.90 bits per heavy atom. The van der Waals surface area contributed by atoms with Gasteiger partial charge >= 0.3 is 0 Å². The minimum atomic E-state index is -0.555. The number of anilines is 1. The lowest BCUT2D eigenvalue weighted by Crippen LogP contribution is -2.32. The van der Waals surface area contributed by atoms with E-state index >= 15 is 4.39 Å². The molecule has 6 rings (SSSR count). The molecule has 0 unspecified atom stereocenters. The summed E-state index contributed by atoms with van der Waals surface area (Å²) in [5, 5.41) is 8.35. The molecule has 1 N–H and O–H groups in total. The number of nitrogens with zero attached hydrogens (tertiary/aromatic N) is 4. The predicted molar refractivity (Wildman–Crippen MR) is 114 cm³/mol. The first-order valence-corrected chi connectivity index (χ1v) is 10.1. The van der Waals surface area contributed by atoms with E-state index in [4.69, 9.17) is 16.3 Å². The van der Waals surface area contributed by atoms with Crippen molar-refractivity contribution in [1.29, 1.82) is 0 Å². The van der Waals surface area contributed by atoms with Crippen LogP contribution >= 0.6 is 11.6 Å². The zero-order valence-electron chi connectivity index (χ0n) is 16.0. The highest BCUT2D eigenvalue weighted by Gasteiger charge is 2.41. The quantitative estimate of drug-likeness (QED) is 0.482. The molecule has 0 saturated heterocycles. The average Bonchev–Trinajstić information content (AvgIpc) is 3.27. The largest absolute Gasteiger partial charge is 0.480 e. The number of nitrogens with one attached hydrogen (secondary N) is 1. The van der Waals surface area contributed by atoms with Gasteiger partial charge in [-0.1, -0.05) is 29.8 Å². The van der Waals surface area contributed by atoms with Gasteiger partial charge in [0, 0.05) is 34.1 Å². The number of hydrogen-bond acceptors (Lipinski definition) is 5. The van der Waals surface area contributed by atoms with Gasteiger partial charge in [0.05, 0.1) is 5.70 Å². The van der Waals surface area contributed by atoms with E-state index in [1.165, 1.54) is 12.4 Å². The van der Waals surface area contributed by atoms with Crippen molar-refractivity contribution in [2.75, 3.05) is 5.32 Å². The molecule has 2 atom stereocenters. The number of ether oxygens (including phenoxy) is 1. The minimum Gasteiger partial charge on any atom is -0.480 e. The molecule has 0 saturated carbocycles. The van der Waals surface area contributed by atoms with Crippen LogP contribution in [0.15, 0.2) is 78.9 Å². The summed E-state index contributed by atoms with van der Waals surface area (Å²) in [6.45, 7) is 0. The van der Waals surface area contributed by atoms with Crippen molar-refractivity contribution in [2.24, 2.45) is 0 Å². The van der Waals surface area contributed by atoms with Crippen LogP contribution in [0.25, 0.3) is 5.70 Å². The zero-order chi connectivity index (χ0) is 20.9. The van der Waals surface area contributed by atoms with E-state index in [-0.39, 0.29) is 5.82 Å². The summed E-state index contributed by atoms with van der Waals surface area (Å²) < 4.78 is 23.2. The van der Waals surface area contributed by atoms with Crippen molar-refractivity contribution in [3.63, 3.8) is 0 Å². The Balaban J connectivity index is 1.67. The van der Waals surface area contributed by atoms with Crippen molar-refractivity contribution >= 4 is 23.2 Å². The molecular formula is C23H15ClFN5O. The second-order valence-corrected chi connectivity index (χ2v) is 7.76.